The molecule has 1 saturated heterocycles. The van der Waals surface area contributed by atoms with Crippen molar-refractivity contribution in [1.29, 1.82) is 0 Å². The Morgan fingerprint density at radius 3 is 2.18 bits per heavy atom. The molecule has 1 aliphatic rings. The van der Waals surface area contributed by atoms with E-state index in [2.05, 4.69) is 22.9 Å². The van der Waals surface area contributed by atoms with Crippen molar-refractivity contribution in [3.05, 3.63) is 24.3 Å². The fourth-order valence-corrected chi connectivity index (χ4v) is 5.41. The van der Waals surface area contributed by atoms with Crippen LogP contribution < -0.4 is 26.4 Å². The van der Waals surface area contributed by atoms with Crippen molar-refractivity contribution in [3.8, 4) is 5.75 Å². The number of nitrogens with one attached hydrogen (secondary N) is 3. The lowest BCUT2D eigenvalue weighted by Crippen LogP contribution is -2.57. The number of hydrazine groups is 1. The number of benzene rings is 1. The predicted octanol–water partition coefficient (Wildman–Crippen LogP) is 4.86. The third kappa shape index (κ3) is 16.5. The second kappa shape index (κ2) is 23.1. The van der Waals surface area contributed by atoms with Crippen LogP contribution in [0.2, 0.25) is 0 Å². The summed E-state index contributed by atoms with van der Waals surface area (Å²) in [6.45, 7) is 7.26. The second-order valence-electron chi connectivity index (χ2n) is 11.8. The molecule has 11 nitrogen and oxygen atoms in total. The minimum Gasteiger partial charge on any atom is -0.494 e. The molecule has 0 saturated carbocycles. The highest BCUT2D eigenvalue weighted by molar-refractivity contribution is 5.90. The van der Waals surface area contributed by atoms with E-state index in [1.807, 2.05) is 11.9 Å². The normalized spacial score (nSPS) is 13.6. The van der Waals surface area contributed by atoms with Crippen LogP contribution >= 0.6 is 0 Å². The van der Waals surface area contributed by atoms with Crippen molar-refractivity contribution in [2.75, 3.05) is 38.1 Å². The van der Waals surface area contributed by atoms with Crippen LogP contribution in [0.4, 0.5) is 5.69 Å². The highest BCUT2D eigenvalue weighted by Crippen LogP contribution is 2.20. The fraction of sp³-hybridized carbons (Fsp3) is 0.706. The summed E-state index contributed by atoms with van der Waals surface area (Å²) in [6, 6.07) is 7.15. The third-order valence-electron chi connectivity index (χ3n) is 7.94. The molecule has 11 heteroatoms. The minimum atomic E-state index is -1.04. The lowest BCUT2D eigenvalue weighted by molar-refractivity contribution is -0.149. The molecule has 2 rings (SSSR count). The quantitative estimate of drug-likeness (QED) is 0.0891. The van der Waals surface area contributed by atoms with Crippen LogP contribution in [0.5, 0.6) is 5.75 Å². The van der Waals surface area contributed by atoms with Gasteiger partial charge in [0.25, 0.3) is 5.91 Å². The first-order valence-electron chi connectivity index (χ1n) is 17.2. The Labute approximate surface area is 270 Å². The Hall–Kier alpha value is -3.34. The number of rotatable bonds is 25. The van der Waals surface area contributed by atoms with Crippen molar-refractivity contribution < 1.29 is 23.9 Å². The highest BCUT2D eigenvalue weighted by Gasteiger charge is 2.30. The molecule has 5 N–H and O–H groups in total. The van der Waals surface area contributed by atoms with Gasteiger partial charge >= 0.3 is 0 Å². The molecule has 0 radical (unpaired) electrons. The fourth-order valence-electron chi connectivity index (χ4n) is 5.41. The maximum atomic E-state index is 13.5. The first kappa shape index (κ1) is 37.8. The molecule has 0 spiro atoms. The molecule has 0 aromatic heterocycles. The number of anilines is 1. The molecule has 45 heavy (non-hydrogen) atoms. The van der Waals surface area contributed by atoms with Crippen LogP contribution in [0.15, 0.2) is 24.3 Å². The van der Waals surface area contributed by atoms with Gasteiger partial charge in [0.15, 0.2) is 6.17 Å². The zero-order valence-corrected chi connectivity index (χ0v) is 27.7. The topological polar surface area (TPSA) is 146 Å². The number of amides is 4. The van der Waals surface area contributed by atoms with E-state index in [4.69, 9.17) is 10.5 Å². The zero-order valence-electron chi connectivity index (χ0n) is 27.7. The van der Waals surface area contributed by atoms with Gasteiger partial charge in [-0.3, -0.25) is 24.2 Å². The van der Waals surface area contributed by atoms with Gasteiger partial charge in [-0.15, -0.1) is 0 Å². The summed E-state index contributed by atoms with van der Waals surface area (Å²) in [6.07, 6.45) is 14.4. The van der Waals surface area contributed by atoms with Crippen LogP contribution in [0.1, 0.15) is 117 Å². The summed E-state index contributed by atoms with van der Waals surface area (Å²) in [5, 5.41) is 12.5. The number of likely N-dealkylation sites (N-methyl/N-ethyl adjacent to an activating group) is 1. The average Bonchev–Trinajstić information content (AvgIpc) is 3.56. The van der Waals surface area contributed by atoms with Crippen LogP contribution in [0, 0.1) is 0 Å². The molecule has 1 atom stereocenters. The molecule has 1 aromatic rings. The molecule has 0 aliphatic carbocycles. The van der Waals surface area contributed by atoms with Crippen LogP contribution in [-0.4, -0.2) is 72.6 Å². The summed E-state index contributed by atoms with van der Waals surface area (Å²) in [7, 11) is 0. The van der Waals surface area contributed by atoms with Crippen molar-refractivity contribution in [2.45, 2.75) is 123 Å². The Morgan fingerprint density at radius 1 is 0.867 bits per heavy atom. The molecule has 4 amide bonds. The molecular formula is C34H58N6O5. The number of hydrogen-bond donors (Lipinski definition) is 4. The molecule has 1 heterocycles. The number of hydrogen-bond acceptors (Lipinski definition) is 7. The van der Waals surface area contributed by atoms with Crippen LogP contribution in [0.25, 0.3) is 0 Å². The number of ether oxygens (including phenoxy) is 1. The SMILES string of the molecule is CCCCCCCCCCCCNC(=O)CCCOc1cccc(NC(NC(=O)CCC(N)=O)C(=O)N(CC)N2CCCC2)c1. The number of nitrogens with zero attached hydrogens (tertiary/aromatic N) is 2. The zero-order chi connectivity index (χ0) is 32.7. The van der Waals surface area contributed by atoms with Gasteiger partial charge in [0, 0.05) is 57.2 Å². The predicted molar refractivity (Wildman–Crippen MR) is 178 cm³/mol. The Balaban J connectivity index is 1.75. The first-order valence-corrected chi connectivity index (χ1v) is 17.2. The number of unbranched alkanes of at least 4 members (excludes halogenated alkanes) is 9. The van der Waals surface area contributed by atoms with Gasteiger partial charge in [-0.25, -0.2) is 5.01 Å². The summed E-state index contributed by atoms with van der Waals surface area (Å²) in [4.78, 5) is 49.5. The summed E-state index contributed by atoms with van der Waals surface area (Å²) in [5.41, 5.74) is 5.79. The van der Waals surface area contributed by atoms with Gasteiger partial charge in [0.1, 0.15) is 5.75 Å². The molecule has 1 fully saturated rings. The molecular weight excluding hydrogens is 572 g/mol. The van der Waals surface area contributed by atoms with E-state index >= 15 is 0 Å². The maximum absolute atomic E-state index is 13.5. The Morgan fingerprint density at radius 2 is 1.53 bits per heavy atom. The van der Waals surface area contributed by atoms with E-state index in [1.54, 1.807) is 29.3 Å². The molecule has 254 valence electrons. The van der Waals surface area contributed by atoms with Crippen molar-refractivity contribution >= 4 is 29.3 Å². The van der Waals surface area contributed by atoms with Crippen molar-refractivity contribution in [1.82, 2.24) is 20.7 Å². The van der Waals surface area contributed by atoms with Crippen LogP contribution in [-0.2, 0) is 19.2 Å². The van der Waals surface area contributed by atoms with Crippen molar-refractivity contribution in [3.63, 3.8) is 0 Å². The smallest absolute Gasteiger partial charge is 0.280 e. The summed E-state index contributed by atoms with van der Waals surface area (Å²) in [5.74, 6) is -0.691. The standard InChI is InChI=1S/C34H58N6O5/c1-3-5-6-7-8-9-10-11-12-13-23-36-31(42)20-17-26-45-29-19-16-18-28(27-29)37-33(38-32(43)22-21-30(35)41)34(44)40(4-2)39-24-14-15-25-39/h16,18-19,27,33,37H,3-15,17,20-26H2,1-2H3,(H2,35,41)(H,36,42)(H,38,43). The van der Waals surface area contributed by atoms with Gasteiger partial charge in [-0.05, 0) is 44.7 Å². The van der Waals surface area contributed by atoms with Gasteiger partial charge in [-0.2, -0.15) is 0 Å². The number of carbonyl (C=O) groups excluding carboxylic acids is 4. The van der Waals surface area contributed by atoms with E-state index < -0.39 is 18.0 Å². The average molecular weight is 631 g/mol. The highest BCUT2D eigenvalue weighted by atomic mass is 16.5. The molecule has 1 aromatic carbocycles. The van der Waals surface area contributed by atoms with E-state index in [0.29, 0.717) is 37.4 Å². The molecule has 1 unspecified atom stereocenters. The minimum absolute atomic E-state index is 0.0388. The second-order valence-corrected chi connectivity index (χ2v) is 11.8. The summed E-state index contributed by atoms with van der Waals surface area (Å²) >= 11 is 0. The number of primary amides is 1. The lowest BCUT2D eigenvalue weighted by atomic mass is 10.1. The van der Waals surface area contributed by atoms with Crippen LogP contribution in [0.3, 0.4) is 0 Å². The monoisotopic (exact) mass is 630 g/mol. The van der Waals surface area contributed by atoms with E-state index in [-0.39, 0.29) is 24.7 Å². The van der Waals surface area contributed by atoms with E-state index in [1.165, 1.54) is 51.4 Å². The maximum Gasteiger partial charge on any atom is 0.280 e. The van der Waals surface area contributed by atoms with Gasteiger partial charge < -0.3 is 26.4 Å². The Kier molecular flexibility index (Phi) is 19.4. The summed E-state index contributed by atoms with van der Waals surface area (Å²) < 4.78 is 5.88. The number of carbonyl (C=O) groups is 4. The van der Waals surface area contributed by atoms with Gasteiger partial charge in [0.2, 0.25) is 17.7 Å². The molecule has 0 bridgehead atoms. The van der Waals surface area contributed by atoms with Gasteiger partial charge in [0.05, 0.1) is 6.61 Å². The van der Waals surface area contributed by atoms with Crippen molar-refractivity contribution in [2.24, 2.45) is 5.73 Å². The Bertz CT molecular complexity index is 1020. The molecule has 1 aliphatic heterocycles. The van der Waals surface area contributed by atoms with E-state index in [0.717, 1.165) is 45.3 Å². The van der Waals surface area contributed by atoms with E-state index in [9.17, 15) is 19.2 Å². The van der Waals surface area contributed by atoms with Gasteiger partial charge in [-0.1, -0.05) is 70.8 Å². The largest absolute Gasteiger partial charge is 0.494 e. The lowest BCUT2D eigenvalue weighted by Gasteiger charge is -2.34. The third-order valence-corrected chi connectivity index (χ3v) is 7.94. The first-order chi connectivity index (χ1) is 21.8. The number of nitrogens with two attached hydrogens (primary N) is 1.